The Morgan fingerprint density at radius 1 is 1.29 bits per heavy atom. The van der Waals surface area contributed by atoms with Crippen LogP contribution in [0.4, 0.5) is 0 Å². The molecule has 24 heavy (non-hydrogen) atoms. The number of esters is 1. The van der Waals surface area contributed by atoms with Gasteiger partial charge in [0.2, 0.25) is 5.91 Å². The predicted octanol–water partition coefficient (Wildman–Crippen LogP) is 3.10. The number of fused-ring (bicyclic) bond motifs is 1. The number of amides is 1. The van der Waals surface area contributed by atoms with Crippen molar-refractivity contribution in [3.05, 3.63) is 16.3 Å². The van der Waals surface area contributed by atoms with Crippen molar-refractivity contribution in [2.24, 2.45) is 0 Å². The fourth-order valence-electron chi connectivity index (χ4n) is 2.20. The Morgan fingerprint density at radius 3 is 2.62 bits per heavy atom. The molecule has 1 amide bonds. The molecule has 0 radical (unpaired) electrons. The average Bonchev–Trinajstić information content (AvgIpc) is 2.81. The number of carbonyl (C=O) groups excluding carboxylic acids is 2. The van der Waals surface area contributed by atoms with E-state index in [1.807, 2.05) is 20.8 Å². The van der Waals surface area contributed by atoms with Crippen LogP contribution in [0, 0.1) is 13.8 Å². The van der Waals surface area contributed by atoms with E-state index in [1.54, 1.807) is 13.8 Å². The van der Waals surface area contributed by atoms with Gasteiger partial charge in [-0.1, -0.05) is 11.8 Å². The van der Waals surface area contributed by atoms with Gasteiger partial charge in [0, 0.05) is 11.4 Å². The second-order valence-corrected chi connectivity index (χ2v) is 7.51. The van der Waals surface area contributed by atoms with Crippen molar-refractivity contribution < 1.29 is 14.3 Å². The van der Waals surface area contributed by atoms with Crippen molar-refractivity contribution in [2.45, 2.75) is 45.7 Å². The molecule has 2 rings (SSSR count). The first-order valence-corrected chi connectivity index (χ1v) is 9.50. The molecule has 0 aliphatic heterocycles. The highest BCUT2D eigenvalue weighted by Gasteiger charge is 2.21. The van der Waals surface area contributed by atoms with Gasteiger partial charge >= 0.3 is 5.97 Å². The monoisotopic (exact) mass is 367 g/mol. The molecule has 0 aliphatic carbocycles. The van der Waals surface area contributed by atoms with E-state index in [0.29, 0.717) is 17.3 Å². The molecule has 6 nitrogen and oxygen atoms in total. The Balaban J connectivity index is 2.35. The van der Waals surface area contributed by atoms with Gasteiger partial charge in [-0.15, -0.1) is 11.3 Å². The number of rotatable bonds is 6. The highest BCUT2D eigenvalue weighted by molar-refractivity contribution is 8.00. The Labute approximate surface area is 149 Å². The van der Waals surface area contributed by atoms with Gasteiger partial charge in [0.1, 0.15) is 20.6 Å². The van der Waals surface area contributed by atoms with Gasteiger partial charge in [-0.2, -0.15) is 0 Å². The van der Waals surface area contributed by atoms with Crippen LogP contribution in [0.2, 0.25) is 0 Å². The molecule has 0 aliphatic rings. The summed E-state index contributed by atoms with van der Waals surface area (Å²) in [5.74, 6) is 0.501. The van der Waals surface area contributed by atoms with E-state index in [0.717, 1.165) is 20.8 Å². The summed E-state index contributed by atoms with van der Waals surface area (Å²) in [4.78, 5) is 34.1. The largest absolute Gasteiger partial charge is 0.462 e. The van der Waals surface area contributed by atoms with Crippen molar-refractivity contribution in [1.29, 1.82) is 0 Å². The Kier molecular flexibility index (Phi) is 6.17. The van der Waals surface area contributed by atoms with E-state index in [-0.39, 0.29) is 23.7 Å². The maximum atomic E-state index is 12.1. The summed E-state index contributed by atoms with van der Waals surface area (Å²) in [6.07, 6.45) is 0. The maximum absolute atomic E-state index is 12.1. The normalized spacial score (nSPS) is 11.1. The van der Waals surface area contributed by atoms with Crippen molar-refractivity contribution in [2.75, 3.05) is 12.4 Å². The molecular weight excluding hydrogens is 346 g/mol. The molecule has 0 saturated heterocycles. The minimum atomic E-state index is -0.343. The lowest BCUT2D eigenvalue weighted by molar-refractivity contribution is -0.119. The van der Waals surface area contributed by atoms with Gasteiger partial charge in [0.05, 0.1) is 12.4 Å². The second-order valence-electron chi connectivity index (χ2n) is 5.54. The Hall–Kier alpha value is -1.67. The molecule has 0 bridgehead atoms. The van der Waals surface area contributed by atoms with Gasteiger partial charge in [-0.05, 0) is 40.2 Å². The molecule has 0 fully saturated rings. The van der Waals surface area contributed by atoms with Crippen LogP contribution in [0.1, 0.15) is 41.8 Å². The summed E-state index contributed by atoms with van der Waals surface area (Å²) in [5, 5.41) is 4.41. The summed E-state index contributed by atoms with van der Waals surface area (Å²) in [6, 6.07) is 0.101. The van der Waals surface area contributed by atoms with Crippen LogP contribution >= 0.6 is 23.1 Å². The minimum Gasteiger partial charge on any atom is -0.462 e. The molecule has 2 aromatic heterocycles. The van der Waals surface area contributed by atoms with E-state index >= 15 is 0 Å². The first kappa shape index (κ1) is 18.7. The van der Waals surface area contributed by atoms with E-state index in [1.165, 1.54) is 23.1 Å². The van der Waals surface area contributed by atoms with Crippen molar-refractivity contribution in [1.82, 2.24) is 15.3 Å². The number of thioether (sulfide) groups is 1. The molecule has 2 aromatic rings. The molecule has 8 heteroatoms. The van der Waals surface area contributed by atoms with Crippen molar-refractivity contribution >= 4 is 45.2 Å². The van der Waals surface area contributed by atoms with E-state index < -0.39 is 0 Å². The number of aromatic nitrogens is 2. The van der Waals surface area contributed by atoms with Crippen LogP contribution in [0.25, 0.3) is 10.2 Å². The number of hydrogen-bond donors (Lipinski definition) is 1. The first-order valence-electron chi connectivity index (χ1n) is 7.70. The number of nitrogens with zero attached hydrogens (tertiary/aromatic N) is 2. The van der Waals surface area contributed by atoms with Crippen LogP contribution < -0.4 is 5.32 Å². The molecule has 0 spiro atoms. The fourth-order valence-corrected chi connectivity index (χ4v) is 4.32. The number of hydrogen-bond acceptors (Lipinski definition) is 7. The zero-order valence-corrected chi connectivity index (χ0v) is 16.1. The first-order chi connectivity index (χ1) is 11.3. The molecule has 130 valence electrons. The fraction of sp³-hybridized carbons (Fsp3) is 0.500. The second kappa shape index (κ2) is 7.94. The molecule has 2 heterocycles. The maximum Gasteiger partial charge on any atom is 0.348 e. The number of aryl methyl sites for hydroxylation is 2. The molecule has 0 saturated carbocycles. The van der Waals surface area contributed by atoms with Gasteiger partial charge in [0.15, 0.2) is 0 Å². The standard InChI is InChI=1S/C16H21N3O3S2/c1-6-22-16(21)13-9(4)12-14(18-10(5)19-15(12)24-13)23-7-11(20)17-8(2)3/h8H,6-7H2,1-5H3,(H,17,20). The Morgan fingerprint density at radius 2 is 2.00 bits per heavy atom. The zero-order chi connectivity index (χ0) is 17.9. The lowest BCUT2D eigenvalue weighted by Gasteiger charge is -2.08. The summed E-state index contributed by atoms with van der Waals surface area (Å²) in [6.45, 7) is 9.61. The third-order valence-electron chi connectivity index (χ3n) is 3.12. The van der Waals surface area contributed by atoms with Crippen LogP contribution in [0.5, 0.6) is 0 Å². The van der Waals surface area contributed by atoms with E-state index in [4.69, 9.17) is 4.74 Å². The molecule has 0 atom stereocenters. The summed E-state index contributed by atoms with van der Waals surface area (Å²) in [5.41, 5.74) is 0.806. The number of ether oxygens (including phenoxy) is 1. The van der Waals surface area contributed by atoms with Gasteiger partial charge in [0.25, 0.3) is 0 Å². The zero-order valence-electron chi connectivity index (χ0n) is 14.4. The highest BCUT2D eigenvalue weighted by atomic mass is 32.2. The van der Waals surface area contributed by atoms with Crippen LogP contribution in [0.3, 0.4) is 0 Å². The number of thiophene rings is 1. The summed E-state index contributed by atoms with van der Waals surface area (Å²) in [7, 11) is 0. The van der Waals surface area contributed by atoms with Crippen molar-refractivity contribution in [3.63, 3.8) is 0 Å². The van der Waals surface area contributed by atoms with Gasteiger partial charge in [-0.3, -0.25) is 4.79 Å². The highest BCUT2D eigenvalue weighted by Crippen LogP contribution is 2.35. The third-order valence-corrected chi connectivity index (χ3v) is 5.26. The Bertz CT molecular complexity index is 772. The van der Waals surface area contributed by atoms with Gasteiger partial charge in [-0.25, -0.2) is 14.8 Å². The number of nitrogens with one attached hydrogen (secondary N) is 1. The molecule has 0 aromatic carbocycles. The lowest BCUT2D eigenvalue weighted by atomic mass is 10.2. The van der Waals surface area contributed by atoms with Crippen LogP contribution in [-0.2, 0) is 9.53 Å². The molecule has 0 unspecified atom stereocenters. The van der Waals surface area contributed by atoms with E-state index in [2.05, 4.69) is 15.3 Å². The molecule has 1 N–H and O–H groups in total. The van der Waals surface area contributed by atoms with Crippen LogP contribution in [-0.4, -0.2) is 40.2 Å². The molecular formula is C16H21N3O3S2. The van der Waals surface area contributed by atoms with Crippen LogP contribution in [0.15, 0.2) is 5.03 Å². The smallest absolute Gasteiger partial charge is 0.348 e. The lowest BCUT2D eigenvalue weighted by Crippen LogP contribution is -2.31. The number of carbonyl (C=O) groups is 2. The van der Waals surface area contributed by atoms with Crippen molar-refractivity contribution in [3.8, 4) is 0 Å². The summed E-state index contributed by atoms with van der Waals surface area (Å²) >= 11 is 2.66. The van der Waals surface area contributed by atoms with E-state index in [9.17, 15) is 9.59 Å². The average molecular weight is 367 g/mol. The summed E-state index contributed by atoms with van der Waals surface area (Å²) < 4.78 is 5.10. The van der Waals surface area contributed by atoms with Gasteiger partial charge < -0.3 is 10.1 Å². The predicted molar refractivity (Wildman–Crippen MR) is 96.8 cm³/mol. The SMILES string of the molecule is CCOC(=O)c1sc2nc(C)nc(SCC(=O)NC(C)C)c2c1C. The topological polar surface area (TPSA) is 81.2 Å². The third kappa shape index (κ3) is 4.24. The quantitative estimate of drug-likeness (QED) is 0.480. The minimum absolute atomic E-state index is 0.0436.